The van der Waals surface area contributed by atoms with E-state index in [0.717, 1.165) is 34.6 Å². The van der Waals surface area contributed by atoms with Crippen LogP contribution in [0, 0.1) is 5.92 Å². The van der Waals surface area contributed by atoms with E-state index in [9.17, 15) is 4.79 Å². The van der Waals surface area contributed by atoms with E-state index >= 15 is 0 Å². The first kappa shape index (κ1) is 21.6. The normalized spacial score (nSPS) is 15.6. The van der Waals surface area contributed by atoms with Crippen molar-refractivity contribution < 1.29 is 9.21 Å². The molecule has 0 saturated carbocycles. The van der Waals surface area contributed by atoms with Crippen LogP contribution in [-0.2, 0) is 19.6 Å². The van der Waals surface area contributed by atoms with Crippen molar-refractivity contribution in [3.63, 3.8) is 0 Å². The van der Waals surface area contributed by atoms with Gasteiger partial charge in [-0.05, 0) is 63.1 Å². The van der Waals surface area contributed by atoms with Crippen molar-refractivity contribution in [3.8, 4) is 0 Å². The summed E-state index contributed by atoms with van der Waals surface area (Å²) in [6.45, 7) is 6.80. The molecule has 4 rings (SSSR count). The summed E-state index contributed by atoms with van der Waals surface area (Å²) in [5, 5.41) is 4.06. The Morgan fingerprint density at radius 2 is 1.84 bits per heavy atom. The van der Waals surface area contributed by atoms with Gasteiger partial charge in [-0.2, -0.15) is 0 Å². The Bertz CT molecular complexity index is 1030. The van der Waals surface area contributed by atoms with Crippen LogP contribution in [0.4, 0.5) is 0 Å². The van der Waals surface area contributed by atoms with Gasteiger partial charge in [0, 0.05) is 30.6 Å². The Morgan fingerprint density at radius 3 is 2.61 bits per heavy atom. The van der Waals surface area contributed by atoms with Crippen LogP contribution in [0.1, 0.15) is 47.0 Å². The maximum atomic E-state index is 13.0. The zero-order chi connectivity index (χ0) is 21.8. The van der Waals surface area contributed by atoms with Crippen molar-refractivity contribution in [2.24, 2.45) is 5.92 Å². The summed E-state index contributed by atoms with van der Waals surface area (Å²) in [6, 6.07) is 16.4. The summed E-state index contributed by atoms with van der Waals surface area (Å²) >= 11 is 0. The van der Waals surface area contributed by atoms with Crippen LogP contribution in [0.3, 0.4) is 0 Å². The number of furan rings is 1. The molecule has 5 nitrogen and oxygen atoms in total. The van der Waals surface area contributed by atoms with Crippen molar-refractivity contribution in [1.29, 1.82) is 0 Å². The highest BCUT2D eigenvalue weighted by Crippen LogP contribution is 2.27. The molecular weight excluding hydrogens is 386 g/mol. The van der Waals surface area contributed by atoms with Crippen LogP contribution in [0.5, 0.6) is 0 Å². The smallest absolute Gasteiger partial charge is 0.287 e. The lowest BCUT2D eigenvalue weighted by molar-refractivity contribution is 0.0923. The molecule has 1 saturated heterocycles. The van der Waals surface area contributed by atoms with E-state index in [1.165, 1.54) is 31.5 Å². The van der Waals surface area contributed by atoms with Crippen LogP contribution < -0.4 is 5.32 Å². The molecule has 0 radical (unpaired) electrons. The third kappa shape index (κ3) is 5.35. The minimum absolute atomic E-state index is 0.163. The lowest BCUT2D eigenvalue weighted by Gasteiger charge is -2.30. The molecule has 164 valence electrons. The minimum atomic E-state index is -0.163. The largest absolute Gasteiger partial charge is 0.451 e. The zero-order valence-corrected chi connectivity index (χ0v) is 18.9. The number of likely N-dealkylation sites (tertiary alicyclic amines) is 1. The fourth-order valence-corrected chi connectivity index (χ4v) is 4.33. The number of hydrogen-bond donors (Lipinski definition) is 1. The maximum absolute atomic E-state index is 13.0. The summed E-state index contributed by atoms with van der Waals surface area (Å²) in [4.78, 5) is 17.6. The second-order valence-electron chi connectivity index (χ2n) is 9.10. The van der Waals surface area contributed by atoms with Crippen LogP contribution in [0.25, 0.3) is 11.0 Å². The van der Waals surface area contributed by atoms with Crippen molar-refractivity contribution in [3.05, 3.63) is 71.0 Å². The Balaban J connectivity index is 1.43. The number of carbonyl (C=O) groups excluding carboxylic acids is 1. The molecule has 2 aromatic carbocycles. The number of carbonyl (C=O) groups is 1. The first-order valence-electron chi connectivity index (χ1n) is 11.2. The van der Waals surface area contributed by atoms with Gasteiger partial charge >= 0.3 is 0 Å². The molecule has 1 N–H and O–H groups in total. The van der Waals surface area contributed by atoms with Gasteiger partial charge < -0.3 is 14.6 Å². The van der Waals surface area contributed by atoms with Gasteiger partial charge in [-0.1, -0.05) is 49.4 Å². The van der Waals surface area contributed by atoms with E-state index in [1.807, 2.05) is 38.4 Å². The summed E-state index contributed by atoms with van der Waals surface area (Å²) in [5.41, 5.74) is 4.10. The summed E-state index contributed by atoms with van der Waals surface area (Å²) in [5.74, 6) is 1.09. The number of fused-ring (bicyclic) bond motifs is 1. The number of amides is 1. The monoisotopic (exact) mass is 419 g/mol. The first-order valence-corrected chi connectivity index (χ1v) is 11.2. The molecule has 0 aliphatic carbocycles. The molecule has 1 aliphatic heterocycles. The lowest BCUT2D eigenvalue weighted by atomic mass is 9.98. The van der Waals surface area contributed by atoms with Gasteiger partial charge in [0.1, 0.15) is 5.58 Å². The number of para-hydroxylation sites is 1. The average molecular weight is 420 g/mol. The third-order valence-corrected chi connectivity index (χ3v) is 6.11. The van der Waals surface area contributed by atoms with E-state index < -0.39 is 0 Å². The number of nitrogens with zero attached hydrogens (tertiary/aromatic N) is 2. The molecule has 1 amide bonds. The molecule has 0 spiro atoms. The highest BCUT2D eigenvalue weighted by molar-refractivity contribution is 5.99. The van der Waals surface area contributed by atoms with E-state index in [0.29, 0.717) is 18.8 Å². The predicted octanol–water partition coefficient (Wildman–Crippen LogP) is 4.66. The third-order valence-electron chi connectivity index (χ3n) is 6.11. The average Bonchev–Trinajstić information content (AvgIpc) is 3.12. The van der Waals surface area contributed by atoms with Crippen LogP contribution >= 0.6 is 0 Å². The predicted molar refractivity (Wildman–Crippen MR) is 125 cm³/mol. The van der Waals surface area contributed by atoms with E-state index in [-0.39, 0.29) is 5.91 Å². The molecule has 5 heteroatoms. The van der Waals surface area contributed by atoms with Crippen molar-refractivity contribution in [2.75, 3.05) is 27.2 Å². The molecule has 1 fully saturated rings. The Hall–Kier alpha value is -2.63. The van der Waals surface area contributed by atoms with Gasteiger partial charge in [-0.25, -0.2) is 0 Å². The topological polar surface area (TPSA) is 48.7 Å². The van der Waals surface area contributed by atoms with Gasteiger partial charge in [0.2, 0.25) is 0 Å². The molecule has 0 unspecified atom stereocenters. The molecule has 3 aromatic rings. The second kappa shape index (κ2) is 9.67. The van der Waals surface area contributed by atoms with Crippen LogP contribution in [0.2, 0.25) is 0 Å². The van der Waals surface area contributed by atoms with Crippen LogP contribution in [0.15, 0.2) is 52.9 Å². The van der Waals surface area contributed by atoms with E-state index in [1.54, 1.807) is 0 Å². The Kier molecular flexibility index (Phi) is 6.73. The second-order valence-corrected chi connectivity index (χ2v) is 9.10. The summed E-state index contributed by atoms with van der Waals surface area (Å²) in [6.07, 6.45) is 2.56. The fourth-order valence-electron chi connectivity index (χ4n) is 4.33. The molecular formula is C26H33N3O2. The standard InChI is InChI=1S/C26H33N3O2/c1-19-11-13-29(14-12-19)17-21-8-6-7-20(15-21)16-27-26(30)25-23(18-28(2)3)22-9-4-5-10-24(22)31-25/h4-10,15,19H,11-14,16-18H2,1-3H3,(H,27,30). The van der Waals surface area contributed by atoms with Crippen molar-refractivity contribution in [1.82, 2.24) is 15.1 Å². The highest BCUT2D eigenvalue weighted by Gasteiger charge is 2.21. The lowest BCUT2D eigenvalue weighted by Crippen LogP contribution is -2.32. The van der Waals surface area contributed by atoms with Crippen molar-refractivity contribution >= 4 is 16.9 Å². The summed E-state index contributed by atoms with van der Waals surface area (Å²) < 4.78 is 5.94. The number of nitrogens with one attached hydrogen (secondary N) is 1. The fraction of sp³-hybridized carbons (Fsp3) is 0.423. The molecule has 2 heterocycles. The highest BCUT2D eigenvalue weighted by atomic mass is 16.3. The number of piperidine rings is 1. The van der Waals surface area contributed by atoms with E-state index in [2.05, 4.69) is 46.3 Å². The van der Waals surface area contributed by atoms with Gasteiger partial charge in [-0.15, -0.1) is 0 Å². The zero-order valence-electron chi connectivity index (χ0n) is 18.9. The first-order chi connectivity index (χ1) is 15.0. The van der Waals surface area contributed by atoms with Gasteiger partial charge in [0.25, 0.3) is 5.91 Å². The van der Waals surface area contributed by atoms with E-state index in [4.69, 9.17) is 4.42 Å². The quantitative estimate of drug-likeness (QED) is 0.605. The molecule has 0 bridgehead atoms. The number of hydrogen-bond acceptors (Lipinski definition) is 4. The minimum Gasteiger partial charge on any atom is -0.451 e. The Morgan fingerprint density at radius 1 is 1.10 bits per heavy atom. The van der Waals surface area contributed by atoms with Crippen molar-refractivity contribution in [2.45, 2.75) is 39.4 Å². The molecule has 0 atom stereocenters. The number of rotatable bonds is 7. The Labute approximate surface area is 185 Å². The SMILES string of the molecule is CC1CCN(Cc2cccc(CNC(=O)c3oc4ccccc4c3CN(C)C)c2)CC1. The van der Waals surface area contributed by atoms with Gasteiger partial charge in [-0.3, -0.25) is 9.69 Å². The molecule has 31 heavy (non-hydrogen) atoms. The summed E-state index contributed by atoms with van der Waals surface area (Å²) in [7, 11) is 4.00. The molecule has 1 aromatic heterocycles. The maximum Gasteiger partial charge on any atom is 0.287 e. The van der Waals surface area contributed by atoms with Gasteiger partial charge in [0.15, 0.2) is 5.76 Å². The number of benzene rings is 2. The van der Waals surface area contributed by atoms with Gasteiger partial charge in [0.05, 0.1) is 0 Å². The van der Waals surface area contributed by atoms with Crippen LogP contribution in [-0.4, -0.2) is 42.9 Å². The molecule has 1 aliphatic rings.